The number of nitrogens with one attached hydrogen (secondary N) is 1. The molecule has 0 radical (unpaired) electrons. The predicted octanol–water partition coefficient (Wildman–Crippen LogP) is 4.18. The van der Waals surface area contributed by atoms with Gasteiger partial charge in [0.1, 0.15) is 0 Å². The number of rotatable bonds is 9. The topological polar surface area (TPSA) is 30.5 Å². The lowest BCUT2D eigenvalue weighted by Crippen LogP contribution is -2.19. The Kier molecular flexibility index (Phi) is 6.37. The van der Waals surface area contributed by atoms with Crippen molar-refractivity contribution >= 4 is 15.9 Å². The summed E-state index contributed by atoms with van der Waals surface area (Å²) in [4.78, 5) is 0. The minimum atomic E-state index is 0.733. The third-order valence-corrected chi connectivity index (χ3v) is 4.84. The zero-order valence-electron chi connectivity index (χ0n) is 13.2. The zero-order valence-corrected chi connectivity index (χ0v) is 14.8. The summed E-state index contributed by atoms with van der Waals surface area (Å²) in [6.07, 6.45) is 6.24. The van der Waals surface area contributed by atoms with E-state index in [1.165, 1.54) is 31.2 Å². The molecule has 1 saturated carbocycles. The fraction of sp³-hybridized carbons (Fsp3) is 0.647. The Labute approximate surface area is 136 Å². The molecular weight excluding hydrogens is 330 g/mol. The van der Waals surface area contributed by atoms with Crippen LogP contribution in [-0.2, 0) is 6.42 Å². The second-order valence-electron chi connectivity index (χ2n) is 5.96. The van der Waals surface area contributed by atoms with Gasteiger partial charge in [-0.25, -0.2) is 0 Å². The Morgan fingerprint density at radius 3 is 2.48 bits per heavy atom. The first-order valence-corrected chi connectivity index (χ1v) is 8.57. The van der Waals surface area contributed by atoms with Gasteiger partial charge in [-0.2, -0.15) is 0 Å². The Hall–Kier alpha value is -0.740. The van der Waals surface area contributed by atoms with E-state index in [0.717, 1.165) is 40.9 Å². The SMILES string of the molecule is COc1cc(Br)c(CCC(C)CCNC2CC2)cc1OC. The predicted molar refractivity (Wildman–Crippen MR) is 90.4 cm³/mol. The molecule has 1 aliphatic carbocycles. The molecule has 0 spiro atoms. The second kappa shape index (κ2) is 8.04. The van der Waals surface area contributed by atoms with E-state index in [0.29, 0.717) is 0 Å². The van der Waals surface area contributed by atoms with Crippen LogP contribution in [0.1, 0.15) is 38.2 Å². The molecule has 21 heavy (non-hydrogen) atoms. The van der Waals surface area contributed by atoms with Gasteiger partial charge in [-0.05, 0) is 62.3 Å². The van der Waals surface area contributed by atoms with Crippen LogP contribution in [0.4, 0.5) is 0 Å². The number of benzene rings is 1. The fourth-order valence-corrected chi connectivity index (χ4v) is 2.98. The second-order valence-corrected chi connectivity index (χ2v) is 6.81. The lowest BCUT2D eigenvalue weighted by atomic mass is 9.98. The molecule has 1 atom stereocenters. The Morgan fingerprint density at radius 2 is 1.86 bits per heavy atom. The summed E-state index contributed by atoms with van der Waals surface area (Å²) in [7, 11) is 3.35. The van der Waals surface area contributed by atoms with Crippen molar-refractivity contribution in [1.82, 2.24) is 5.32 Å². The van der Waals surface area contributed by atoms with Gasteiger partial charge in [-0.3, -0.25) is 0 Å². The summed E-state index contributed by atoms with van der Waals surface area (Å²) in [5, 5.41) is 3.58. The van der Waals surface area contributed by atoms with Gasteiger partial charge in [-0.1, -0.05) is 22.9 Å². The maximum absolute atomic E-state index is 5.38. The summed E-state index contributed by atoms with van der Waals surface area (Å²) >= 11 is 3.63. The van der Waals surface area contributed by atoms with Gasteiger partial charge < -0.3 is 14.8 Å². The van der Waals surface area contributed by atoms with Crippen molar-refractivity contribution in [2.24, 2.45) is 5.92 Å². The maximum atomic E-state index is 5.38. The lowest BCUT2D eigenvalue weighted by Gasteiger charge is -2.15. The largest absolute Gasteiger partial charge is 0.493 e. The first-order chi connectivity index (χ1) is 10.1. The molecule has 1 N–H and O–H groups in total. The summed E-state index contributed by atoms with van der Waals surface area (Å²) in [5.41, 5.74) is 1.29. The van der Waals surface area contributed by atoms with Crippen LogP contribution in [0.5, 0.6) is 11.5 Å². The van der Waals surface area contributed by atoms with Crippen LogP contribution in [0.2, 0.25) is 0 Å². The first-order valence-electron chi connectivity index (χ1n) is 7.77. The molecule has 0 aromatic heterocycles. The van der Waals surface area contributed by atoms with E-state index < -0.39 is 0 Å². The summed E-state index contributed by atoms with van der Waals surface area (Å²) < 4.78 is 11.8. The van der Waals surface area contributed by atoms with E-state index in [4.69, 9.17) is 9.47 Å². The summed E-state index contributed by atoms with van der Waals surface area (Å²) in [6, 6.07) is 4.89. The molecule has 1 unspecified atom stereocenters. The van der Waals surface area contributed by atoms with Crippen molar-refractivity contribution in [3.05, 3.63) is 22.2 Å². The molecule has 2 rings (SSSR count). The quantitative estimate of drug-likeness (QED) is 0.720. The van der Waals surface area contributed by atoms with Gasteiger partial charge in [0.25, 0.3) is 0 Å². The van der Waals surface area contributed by atoms with E-state index >= 15 is 0 Å². The summed E-state index contributed by atoms with van der Waals surface area (Å²) in [5.74, 6) is 2.31. The highest BCUT2D eigenvalue weighted by molar-refractivity contribution is 9.10. The molecule has 0 bridgehead atoms. The van der Waals surface area contributed by atoms with Crippen LogP contribution in [-0.4, -0.2) is 26.8 Å². The highest BCUT2D eigenvalue weighted by atomic mass is 79.9. The number of aryl methyl sites for hydroxylation is 1. The minimum absolute atomic E-state index is 0.733. The number of methoxy groups -OCH3 is 2. The van der Waals surface area contributed by atoms with Crippen molar-refractivity contribution in [2.75, 3.05) is 20.8 Å². The molecule has 118 valence electrons. The molecule has 0 amide bonds. The Morgan fingerprint density at radius 1 is 1.19 bits per heavy atom. The molecule has 0 saturated heterocycles. The van der Waals surface area contributed by atoms with Crippen molar-refractivity contribution in [3.63, 3.8) is 0 Å². The number of halogens is 1. The van der Waals surface area contributed by atoms with Crippen molar-refractivity contribution in [2.45, 2.75) is 45.1 Å². The highest BCUT2D eigenvalue weighted by Crippen LogP contribution is 2.34. The standard InChI is InChI=1S/C17H26BrNO2/c1-12(8-9-19-14-6-7-14)4-5-13-10-16(20-2)17(21-3)11-15(13)18/h10-12,14,19H,4-9H2,1-3H3. The van der Waals surface area contributed by atoms with Gasteiger partial charge >= 0.3 is 0 Å². The normalized spacial score (nSPS) is 15.8. The molecule has 1 fully saturated rings. The van der Waals surface area contributed by atoms with Gasteiger partial charge in [0.05, 0.1) is 14.2 Å². The first kappa shape index (κ1) is 16.6. The van der Waals surface area contributed by atoms with Crippen LogP contribution in [0.3, 0.4) is 0 Å². The van der Waals surface area contributed by atoms with Gasteiger partial charge in [0.15, 0.2) is 11.5 Å². The van der Waals surface area contributed by atoms with Crippen molar-refractivity contribution in [3.8, 4) is 11.5 Å². The number of hydrogen-bond donors (Lipinski definition) is 1. The number of hydrogen-bond acceptors (Lipinski definition) is 3. The monoisotopic (exact) mass is 355 g/mol. The lowest BCUT2D eigenvalue weighted by molar-refractivity contribution is 0.354. The fourth-order valence-electron chi connectivity index (χ4n) is 2.46. The smallest absolute Gasteiger partial charge is 0.161 e. The molecule has 1 aliphatic rings. The van der Waals surface area contributed by atoms with E-state index in [2.05, 4.69) is 34.2 Å². The average Bonchev–Trinajstić information content (AvgIpc) is 3.29. The average molecular weight is 356 g/mol. The van der Waals surface area contributed by atoms with Crippen LogP contribution < -0.4 is 14.8 Å². The molecule has 1 aromatic carbocycles. The molecule has 0 heterocycles. The molecular formula is C17H26BrNO2. The van der Waals surface area contributed by atoms with E-state index in [9.17, 15) is 0 Å². The maximum Gasteiger partial charge on any atom is 0.161 e. The van der Waals surface area contributed by atoms with Crippen LogP contribution in [0.15, 0.2) is 16.6 Å². The van der Waals surface area contributed by atoms with Crippen molar-refractivity contribution in [1.29, 1.82) is 0 Å². The molecule has 0 aliphatic heterocycles. The van der Waals surface area contributed by atoms with Gasteiger partial charge in [0, 0.05) is 10.5 Å². The molecule has 4 heteroatoms. The van der Waals surface area contributed by atoms with Gasteiger partial charge in [-0.15, -0.1) is 0 Å². The van der Waals surface area contributed by atoms with Crippen molar-refractivity contribution < 1.29 is 9.47 Å². The van der Waals surface area contributed by atoms with Crippen LogP contribution in [0.25, 0.3) is 0 Å². The molecule has 1 aromatic rings. The van der Waals surface area contributed by atoms with E-state index in [1.54, 1.807) is 14.2 Å². The third kappa shape index (κ3) is 5.19. The van der Waals surface area contributed by atoms with Crippen LogP contribution in [0, 0.1) is 5.92 Å². The zero-order chi connectivity index (χ0) is 15.2. The molecule has 3 nitrogen and oxygen atoms in total. The third-order valence-electron chi connectivity index (χ3n) is 4.11. The Bertz CT molecular complexity index is 460. The minimum Gasteiger partial charge on any atom is -0.493 e. The van der Waals surface area contributed by atoms with Gasteiger partial charge in [0.2, 0.25) is 0 Å². The highest BCUT2D eigenvalue weighted by Gasteiger charge is 2.20. The van der Waals surface area contributed by atoms with E-state index in [1.807, 2.05) is 6.07 Å². The Balaban J connectivity index is 1.83. The number of ether oxygens (including phenoxy) is 2. The van der Waals surface area contributed by atoms with Crippen LogP contribution >= 0.6 is 15.9 Å². The summed E-state index contributed by atoms with van der Waals surface area (Å²) in [6.45, 7) is 3.49. The van der Waals surface area contributed by atoms with E-state index in [-0.39, 0.29) is 0 Å².